The normalized spacial score (nSPS) is 7.79. The summed E-state index contributed by atoms with van der Waals surface area (Å²) in [4.78, 5) is 10.6. The van der Waals surface area contributed by atoms with Gasteiger partial charge < -0.3 is 0 Å². The van der Waals surface area contributed by atoms with Gasteiger partial charge in [0, 0.05) is 17.5 Å². The predicted molar refractivity (Wildman–Crippen MR) is 56.8 cm³/mol. The summed E-state index contributed by atoms with van der Waals surface area (Å²) in [6, 6.07) is 7.21. The second-order valence-corrected chi connectivity index (χ2v) is 2.61. The monoisotopic (exact) mass is 182 g/mol. The molecular weight excluding hydrogens is 172 g/mol. The van der Waals surface area contributed by atoms with Crippen molar-refractivity contribution in [3.63, 3.8) is 0 Å². The van der Waals surface area contributed by atoms with Gasteiger partial charge >= 0.3 is 0 Å². The van der Waals surface area contributed by atoms with Crippen molar-refractivity contribution in [3.8, 4) is 23.7 Å². The van der Waals surface area contributed by atoms with Gasteiger partial charge in [-0.15, -0.1) is 0 Å². The lowest BCUT2D eigenvalue weighted by Gasteiger charge is -1.92. The summed E-state index contributed by atoms with van der Waals surface area (Å²) in [6.45, 7) is 1.97. The average molecular weight is 182 g/mol. The zero-order valence-corrected chi connectivity index (χ0v) is 8.00. The van der Waals surface area contributed by atoms with Crippen LogP contribution in [0.5, 0.6) is 0 Å². The average Bonchev–Trinajstić information content (AvgIpc) is 2.25. The smallest absolute Gasteiger partial charge is 0.151 e. The zero-order valence-electron chi connectivity index (χ0n) is 8.00. The summed E-state index contributed by atoms with van der Waals surface area (Å²) in [5, 5.41) is 0. The second kappa shape index (κ2) is 5.62. The minimum atomic E-state index is 0.610. The van der Waals surface area contributed by atoms with Gasteiger partial charge in [-0.1, -0.05) is 37.0 Å². The van der Waals surface area contributed by atoms with Crippen LogP contribution in [0.1, 0.15) is 29.3 Å². The third-order valence-corrected chi connectivity index (χ3v) is 1.61. The number of carbonyl (C=O) groups is 1. The molecule has 0 fully saturated rings. The number of hydrogen-bond donors (Lipinski definition) is 0. The van der Waals surface area contributed by atoms with Crippen LogP contribution in [0, 0.1) is 23.7 Å². The van der Waals surface area contributed by atoms with E-state index < -0.39 is 0 Å². The molecule has 1 aromatic carbocycles. The molecule has 0 aliphatic heterocycles. The Bertz CT molecular complexity index is 436. The molecule has 0 amide bonds. The molecule has 0 N–H and O–H groups in total. The minimum Gasteiger partial charge on any atom is -0.298 e. The maximum Gasteiger partial charge on any atom is 0.151 e. The van der Waals surface area contributed by atoms with Gasteiger partial charge in [0.15, 0.2) is 6.29 Å². The maximum absolute atomic E-state index is 10.6. The standard InChI is InChI=1S/C13H10O/c1-2-3-4-5-8-12-9-6-7-10-13(12)11-14/h6-7,9-11H,2H2,1H3. The Morgan fingerprint density at radius 1 is 1.29 bits per heavy atom. The molecule has 0 heterocycles. The highest BCUT2D eigenvalue weighted by molar-refractivity contribution is 5.79. The molecule has 0 aromatic heterocycles. The van der Waals surface area contributed by atoms with E-state index in [2.05, 4.69) is 23.7 Å². The molecule has 68 valence electrons. The van der Waals surface area contributed by atoms with Crippen LogP contribution in [0.2, 0.25) is 0 Å². The number of benzene rings is 1. The third kappa shape index (κ3) is 2.81. The fourth-order valence-electron chi connectivity index (χ4n) is 0.945. The SMILES string of the molecule is CCC#CC#Cc1ccccc1C=O. The van der Waals surface area contributed by atoms with Gasteiger partial charge in [0.1, 0.15) is 0 Å². The fourth-order valence-corrected chi connectivity index (χ4v) is 0.945. The first-order valence-electron chi connectivity index (χ1n) is 4.41. The Balaban J connectivity index is 2.94. The molecule has 1 heteroatoms. The largest absolute Gasteiger partial charge is 0.298 e. The molecule has 0 unspecified atom stereocenters. The van der Waals surface area contributed by atoms with E-state index in [1.54, 1.807) is 6.07 Å². The molecular formula is C13H10O. The first-order chi connectivity index (χ1) is 6.88. The molecule has 0 saturated carbocycles. The molecule has 1 rings (SSSR count). The molecule has 0 spiro atoms. The molecule has 14 heavy (non-hydrogen) atoms. The zero-order chi connectivity index (χ0) is 10.2. The van der Waals surface area contributed by atoms with Crippen LogP contribution in [0.25, 0.3) is 0 Å². The number of rotatable bonds is 1. The van der Waals surface area contributed by atoms with Crippen LogP contribution >= 0.6 is 0 Å². The molecule has 0 atom stereocenters. The van der Waals surface area contributed by atoms with Crippen molar-refractivity contribution < 1.29 is 4.79 Å². The van der Waals surface area contributed by atoms with E-state index in [-0.39, 0.29) is 0 Å². The highest BCUT2D eigenvalue weighted by atomic mass is 16.1. The van der Waals surface area contributed by atoms with E-state index in [0.29, 0.717) is 5.56 Å². The molecule has 1 aromatic rings. The predicted octanol–water partition coefficient (Wildman–Crippen LogP) is 2.26. The first kappa shape index (κ1) is 10.1. The van der Waals surface area contributed by atoms with Crippen LogP contribution in [-0.4, -0.2) is 6.29 Å². The Labute approximate surface area is 84.1 Å². The summed E-state index contributed by atoms with van der Waals surface area (Å²) in [5.41, 5.74) is 1.34. The lowest BCUT2D eigenvalue weighted by atomic mass is 10.1. The van der Waals surface area contributed by atoms with Crippen molar-refractivity contribution >= 4 is 6.29 Å². The van der Waals surface area contributed by atoms with Crippen molar-refractivity contribution in [1.82, 2.24) is 0 Å². The Kier molecular flexibility index (Phi) is 4.05. The van der Waals surface area contributed by atoms with Crippen LogP contribution in [-0.2, 0) is 0 Å². The van der Waals surface area contributed by atoms with Crippen LogP contribution in [0.4, 0.5) is 0 Å². The third-order valence-electron chi connectivity index (χ3n) is 1.61. The van der Waals surface area contributed by atoms with Gasteiger partial charge in [0.2, 0.25) is 0 Å². The Morgan fingerprint density at radius 3 is 2.79 bits per heavy atom. The van der Waals surface area contributed by atoms with Crippen molar-refractivity contribution in [3.05, 3.63) is 35.4 Å². The van der Waals surface area contributed by atoms with E-state index in [1.807, 2.05) is 25.1 Å². The number of hydrogen-bond acceptors (Lipinski definition) is 1. The topological polar surface area (TPSA) is 17.1 Å². The fraction of sp³-hybridized carbons (Fsp3) is 0.154. The molecule has 0 aliphatic carbocycles. The highest BCUT2D eigenvalue weighted by Gasteiger charge is 1.94. The summed E-state index contributed by atoms with van der Waals surface area (Å²) < 4.78 is 0. The molecule has 0 bridgehead atoms. The Morgan fingerprint density at radius 2 is 2.07 bits per heavy atom. The molecule has 0 aliphatic rings. The second-order valence-electron chi connectivity index (χ2n) is 2.61. The van der Waals surface area contributed by atoms with Gasteiger partial charge in [-0.3, -0.25) is 4.79 Å². The minimum absolute atomic E-state index is 0.610. The molecule has 1 nitrogen and oxygen atoms in total. The van der Waals surface area contributed by atoms with Gasteiger partial charge in [0.05, 0.1) is 0 Å². The lowest BCUT2D eigenvalue weighted by Crippen LogP contribution is -1.84. The van der Waals surface area contributed by atoms with Crippen molar-refractivity contribution in [2.45, 2.75) is 13.3 Å². The van der Waals surface area contributed by atoms with Gasteiger partial charge in [-0.2, -0.15) is 0 Å². The number of aldehydes is 1. The van der Waals surface area contributed by atoms with E-state index >= 15 is 0 Å². The van der Waals surface area contributed by atoms with Gasteiger partial charge in [-0.05, 0) is 17.9 Å². The number of carbonyl (C=O) groups excluding carboxylic acids is 1. The van der Waals surface area contributed by atoms with E-state index in [0.717, 1.165) is 18.3 Å². The quantitative estimate of drug-likeness (QED) is 0.481. The maximum atomic E-state index is 10.6. The lowest BCUT2D eigenvalue weighted by molar-refractivity contribution is 0.112. The van der Waals surface area contributed by atoms with Crippen molar-refractivity contribution in [2.75, 3.05) is 0 Å². The van der Waals surface area contributed by atoms with Crippen molar-refractivity contribution in [1.29, 1.82) is 0 Å². The molecule has 0 saturated heterocycles. The van der Waals surface area contributed by atoms with Crippen LogP contribution in [0.3, 0.4) is 0 Å². The van der Waals surface area contributed by atoms with E-state index in [9.17, 15) is 4.79 Å². The molecule has 0 radical (unpaired) electrons. The summed E-state index contributed by atoms with van der Waals surface area (Å²) in [7, 11) is 0. The summed E-state index contributed by atoms with van der Waals surface area (Å²) in [5.74, 6) is 11.1. The van der Waals surface area contributed by atoms with Crippen LogP contribution < -0.4 is 0 Å². The Hall–Kier alpha value is -1.99. The van der Waals surface area contributed by atoms with Gasteiger partial charge in [0.25, 0.3) is 0 Å². The van der Waals surface area contributed by atoms with Gasteiger partial charge in [-0.25, -0.2) is 0 Å². The highest BCUT2D eigenvalue weighted by Crippen LogP contribution is 2.03. The van der Waals surface area contributed by atoms with E-state index in [1.165, 1.54) is 0 Å². The summed E-state index contributed by atoms with van der Waals surface area (Å²) in [6.07, 6.45) is 1.60. The van der Waals surface area contributed by atoms with E-state index in [4.69, 9.17) is 0 Å². The van der Waals surface area contributed by atoms with Crippen molar-refractivity contribution in [2.24, 2.45) is 0 Å². The summed E-state index contributed by atoms with van der Waals surface area (Å²) >= 11 is 0. The van der Waals surface area contributed by atoms with Crippen LogP contribution in [0.15, 0.2) is 24.3 Å². The first-order valence-corrected chi connectivity index (χ1v) is 4.41.